The van der Waals surface area contributed by atoms with E-state index in [4.69, 9.17) is 0 Å². The predicted molar refractivity (Wildman–Crippen MR) is 60.9 cm³/mol. The molecule has 2 rings (SSSR count). The maximum absolute atomic E-state index is 13.3. The summed E-state index contributed by atoms with van der Waals surface area (Å²) in [6.45, 7) is 3.66. The summed E-state index contributed by atoms with van der Waals surface area (Å²) in [6, 6.07) is 6.42. The van der Waals surface area contributed by atoms with Crippen LogP contribution in [0.15, 0.2) is 30.5 Å². The molecular weight excluding hydrogens is 205 g/mol. The number of nitrogens with zero attached hydrogens (tertiary/aromatic N) is 1. The molecule has 1 aromatic heterocycles. The fourth-order valence-electron chi connectivity index (χ4n) is 1.59. The molecule has 0 aliphatic carbocycles. The first-order chi connectivity index (χ1) is 7.59. The first kappa shape index (κ1) is 10.7. The third kappa shape index (κ3) is 1.81. The zero-order valence-electron chi connectivity index (χ0n) is 9.20. The minimum Gasteiger partial charge on any atom is -0.294 e. The lowest BCUT2D eigenvalue weighted by Crippen LogP contribution is -2.07. The van der Waals surface area contributed by atoms with Crippen LogP contribution in [0.2, 0.25) is 0 Å². The van der Waals surface area contributed by atoms with Crippen LogP contribution in [0, 0.1) is 11.7 Å². The minimum atomic E-state index is -0.360. The van der Waals surface area contributed by atoms with Gasteiger partial charge in [-0.15, -0.1) is 0 Å². The van der Waals surface area contributed by atoms with Crippen LogP contribution in [0.4, 0.5) is 4.39 Å². The van der Waals surface area contributed by atoms with Gasteiger partial charge in [0.1, 0.15) is 11.3 Å². The lowest BCUT2D eigenvalue weighted by Gasteiger charge is -2.05. The average molecular weight is 217 g/mol. The summed E-state index contributed by atoms with van der Waals surface area (Å²) in [4.78, 5) is 15.7. The van der Waals surface area contributed by atoms with Gasteiger partial charge in [0.25, 0.3) is 0 Å². The van der Waals surface area contributed by atoms with Crippen molar-refractivity contribution in [2.45, 2.75) is 13.8 Å². The maximum atomic E-state index is 13.3. The molecule has 1 aromatic carbocycles. The Kier molecular flexibility index (Phi) is 2.69. The van der Waals surface area contributed by atoms with Crippen molar-refractivity contribution in [1.29, 1.82) is 0 Å². The van der Waals surface area contributed by atoms with Crippen molar-refractivity contribution in [1.82, 2.24) is 4.98 Å². The summed E-state index contributed by atoms with van der Waals surface area (Å²) in [5, 5.41) is 0.659. The zero-order valence-corrected chi connectivity index (χ0v) is 9.20. The molecule has 2 nitrogen and oxygen atoms in total. The molecule has 0 N–H and O–H groups in total. The number of fused-ring (bicyclic) bond motifs is 1. The van der Waals surface area contributed by atoms with E-state index in [0.29, 0.717) is 16.5 Å². The number of rotatable bonds is 2. The van der Waals surface area contributed by atoms with Crippen LogP contribution in [0.1, 0.15) is 24.2 Å². The molecule has 0 fully saturated rings. The molecule has 0 saturated carbocycles. The molecule has 0 aliphatic heterocycles. The van der Waals surface area contributed by atoms with Crippen molar-refractivity contribution < 1.29 is 9.18 Å². The quantitative estimate of drug-likeness (QED) is 0.723. The molecule has 0 saturated heterocycles. The minimum absolute atomic E-state index is 0.0265. The normalized spacial score (nSPS) is 11.0. The zero-order chi connectivity index (χ0) is 11.7. The average Bonchev–Trinajstić information content (AvgIpc) is 2.28. The first-order valence-electron chi connectivity index (χ1n) is 5.18. The predicted octanol–water partition coefficient (Wildman–Crippen LogP) is 3.21. The van der Waals surface area contributed by atoms with Gasteiger partial charge >= 0.3 is 0 Å². The Morgan fingerprint density at radius 1 is 1.38 bits per heavy atom. The Balaban J connectivity index is 2.57. The molecule has 0 spiro atoms. The van der Waals surface area contributed by atoms with Crippen LogP contribution < -0.4 is 0 Å². The van der Waals surface area contributed by atoms with E-state index in [1.54, 1.807) is 18.2 Å². The Hall–Kier alpha value is -1.77. The third-order valence-electron chi connectivity index (χ3n) is 2.47. The number of ketones is 1. The third-order valence-corrected chi connectivity index (χ3v) is 2.47. The van der Waals surface area contributed by atoms with Gasteiger partial charge in [0, 0.05) is 23.1 Å². The van der Waals surface area contributed by atoms with E-state index in [1.165, 1.54) is 12.3 Å². The molecule has 0 aliphatic rings. The highest BCUT2D eigenvalue weighted by molar-refractivity contribution is 5.99. The fourth-order valence-corrected chi connectivity index (χ4v) is 1.59. The van der Waals surface area contributed by atoms with Crippen LogP contribution >= 0.6 is 0 Å². The van der Waals surface area contributed by atoms with Crippen LogP contribution in [0.3, 0.4) is 0 Å². The van der Waals surface area contributed by atoms with Crippen molar-refractivity contribution >= 4 is 16.7 Å². The van der Waals surface area contributed by atoms with Gasteiger partial charge in [-0.3, -0.25) is 9.78 Å². The van der Waals surface area contributed by atoms with Crippen LogP contribution in [-0.2, 0) is 0 Å². The van der Waals surface area contributed by atoms with E-state index in [0.717, 1.165) is 0 Å². The highest BCUT2D eigenvalue weighted by Gasteiger charge is 2.12. The standard InChI is InChI=1S/C13H12FNO/c1-8(2)13(16)10-6-9-4-3-5-11(14)12(9)15-7-10/h3-8H,1-2H3. The SMILES string of the molecule is CC(C)C(=O)c1cnc2c(F)cccc2c1. The van der Waals surface area contributed by atoms with Gasteiger partial charge in [0.2, 0.25) is 0 Å². The molecule has 0 radical (unpaired) electrons. The second-order valence-electron chi connectivity index (χ2n) is 4.05. The molecule has 2 aromatic rings. The highest BCUT2D eigenvalue weighted by Crippen LogP contribution is 2.18. The molecule has 16 heavy (non-hydrogen) atoms. The summed E-state index contributed by atoms with van der Waals surface area (Å²) in [5.74, 6) is -0.410. The number of Topliss-reactive ketones (excluding diaryl/α,β-unsaturated/α-hetero) is 1. The topological polar surface area (TPSA) is 30.0 Å². The number of para-hydroxylation sites is 1. The van der Waals surface area contributed by atoms with Crippen molar-refractivity contribution in [2.24, 2.45) is 5.92 Å². The van der Waals surface area contributed by atoms with Crippen LogP contribution in [0.5, 0.6) is 0 Å². The number of carbonyl (C=O) groups excluding carboxylic acids is 1. The summed E-state index contributed by atoms with van der Waals surface area (Å²) in [7, 11) is 0. The van der Waals surface area contributed by atoms with E-state index in [1.807, 2.05) is 13.8 Å². The van der Waals surface area contributed by atoms with E-state index < -0.39 is 0 Å². The summed E-state index contributed by atoms with van der Waals surface area (Å²) in [6.07, 6.45) is 1.44. The Morgan fingerprint density at radius 3 is 2.81 bits per heavy atom. The van der Waals surface area contributed by atoms with Gasteiger partial charge in [-0.1, -0.05) is 26.0 Å². The first-order valence-corrected chi connectivity index (χ1v) is 5.18. The van der Waals surface area contributed by atoms with Gasteiger partial charge < -0.3 is 0 Å². The summed E-state index contributed by atoms with van der Waals surface area (Å²) < 4.78 is 13.3. The van der Waals surface area contributed by atoms with E-state index in [-0.39, 0.29) is 17.5 Å². The van der Waals surface area contributed by atoms with Gasteiger partial charge in [-0.05, 0) is 12.1 Å². The Labute approximate surface area is 93.1 Å². The fraction of sp³-hybridized carbons (Fsp3) is 0.231. The largest absolute Gasteiger partial charge is 0.294 e. The second kappa shape index (κ2) is 4.00. The van der Waals surface area contributed by atoms with Crippen molar-refractivity contribution in [2.75, 3.05) is 0 Å². The summed E-state index contributed by atoms with van der Waals surface area (Å²) in [5.41, 5.74) is 0.843. The molecule has 0 atom stereocenters. The molecule has 82 valence electrons. The van der Waals surface area contributed by atoms with Gasteiger partial charge in [0.05, 0.1) is 0 Å². The van der Waals surface area contributed by atoms with Crippen LogP contribution in [0.25, 0.3) is 10.9 Å². The maximum Gasteiger partial charge on any atom is 0.166 e. The monoisotopic (exact) mass is 217 g/mol. The summed E-state index contributed by atoms with van der Waals surface area (Å²) >= 11 is 0. The number of hydrogen-bond acceptors (Lipinski definition) is 2. The molecule has 3 heteroatoms. The lowest BCUT2D eigenvalue weighted by molar-refractivity contribution is 0.0939. The van der Waals surface area contributed by atoms with E-state index in [2.05, 4.69) is 4.98 Å². The number of pyridine rings is 1. The molecular formula is C13H12FNO. The number of carbonyl (C=O) groups is 1. The second-order valence-corrected chi connectivity index (χ2v) is 4.05. The number of aromatic nitrogens is 1. The Bertz CT molecular complexity index is 549. The van der Waals surface area contributed by atoms with Crippen molar-refractivity contribution in [3.05, 3.63) is 41.8 Å². The van der Waals surface area contributed by atoms with Gasteiger partial charge in [-0.2, -0.15) is 0 Å². The highest BCUT2D eigenvalue weighted by atomic mass is 19.1. The van der Waals surface area contributed by atoms with Gasteiger partial charge in [-0.25, -0.2) is 4.39 Å². The van der Waals surface area contributed by atoms with Gasteiger partial charge in [0.15, 0.2) is 5.78 Å². The van der Waals surface area contributed by atoms with E-state index >= 15 is 0 Å². The molecule has 0 amide bonds. The molecule has 0 bridgehead atoms. The number of benzene rings is 1. The van der Waals surface area contributed by atoms with Crippen molar-refractivity contribution in [3.8, 4) is 0 Å². The smallest absolute Gasteiger partial charge is 0.166 e. The lowest BCUT2D eigenvalue weighted by atomic mass is 10.0. The van der Waals surface area contributed by atoms with Crippen molar-refractivity contribution in [3.63, 3.8) is 0 Å². The molecule has 1 heterocycles. The van der Waals surface area contributed by atoms with E-state index in [9.17, 15) is 9.18 Å². The number of hydrogen-bond donors (Lipinski definition) is 0. The number of halogens is 1. The molecule has 0 unspecified atom stereocenters. The van der Waals surface area contributed by atoms with Crippen LogP contribution in [-0.4, -0.2) is 10.8 Å². The Morgan fingerprint density at radius 2 is 2.12 bits per heavy atom.